The van der Waals surface area contributed by atoms with Gasteiger partial charge in [0.15, 0.2) is 5.65 Å². The minimum Gasteiger partial charge on any atom is -0.487 e. The second-order valence-corrected chi connectivity index (χ2v) is 9.11. The van der Waals surface area contributed by atoms with E-state index in [0.29, 0.717) is 35.1 Å². The number of carbonyl (C=O) groups excluding carboxylic acids is 2. The highest BCUT2D eigenvalue weighted by Gasteiger charge is 2.26. The number of pyridine rings is 1. The fourth-order valence-electron chi connectivity index (χ4n) is 4.13. The van der Waals surface area contributed by atoms with Gasteiger partial charge in [0.2, 0.25) is 5.91 Å². The molecule has 1 aliphatic rings. The van der Waals surface area contributed by atoms with Gasteiger partial charge in [-0.1, -0.05) is 11.6 Å². The molecule has 8 nitrogen and oxygen atoms in total. The Morgan fingerprint density at radius 1 is 1.19 bits per heavy atom. The highest BCUT2D eigenvalue weighted by Crippen LogP contribution is 2.37. The smallest absolute Gasteiger partial charge is 0.254 e. The fraction of sp³-hybridized carbons (Fsp3) is 0.231. The highest BCUT2D eigenvalue weighted by molar-refractivity contribution is 6.31. The maximum atomic E-state index is 15.1. The van der Waals surface area contributed by atoms with E-state index in [9.17, 15) is 9.59 Å². The molecule has 0 bridgehead atoms. The van der Waals surface area contributed by atoms with Crippen LogP contribution in [-0.4, -0.2) is 63.5 Å². The molecular formula is C26H23ClFN5O3. The van der Waals surface area contributed by atoms with Crippen molar-refractivity contribution in [1.82, 2.24) is 25.0 Å². The van der Waals surface area contributed by atoms with Gasteiger partial charge < -0.3 is 14.5 Å². The zero-order valence-electron chi connectivity index (χ0n) is 19.7. The third-order valence-corrected chi connectivity index (χ3v) is 6.70. The Kier molecular flexibility index (Phi) is 6.32. The van der Waals surface area contributed by atoms with E-state index in [2.05, 4.69) is 15.2 Å². The van der Waals surface area contributed by atoms with Gasteiger partial charge in [-0.15, -0.1) is 0 Å². The van der Waals surface area contributed by atoms with Crippen LogP contribution in [0.15, 0.2) is 48.7 Å². The molecule has 3 heterocycles. The van der Waals surface area contributed by atoms with Crippen LogP contribution in [-0.2, 0) is 11.4 Å². The Hall–Kier alpha value is -3.98. The number of hydrogen-bond donors (Lipinski definition) is 1. The lowest BCUT2D eigenvalue weighted by atomic mass is 9.99. The van der Waals surface area contributed by atoms with Crippen LogP contribution in [0.25, 0.3) is 22.2 Å². The van der Waals surface area contributed by atoms with Gasteiger partial charge >= 0.3 is 0 Å². The van der Waals surface area contributed by atoms with Gasteiger partial charge in [0.05, 0.1) is 5.69 Å². The van der Waals surface area contributed by atoms with E-state index in [-0.39, 0.29) is 36.1 Å². The van der Waals surface area contributed by atoms with Gasteiger partial charge in [-0.2, -0.15) is 5.10 Å². The summed E-state index contributed by atoms with van der Waals surface area (Å²) in [5.74, 6) is -0.599. The van der Waals surface area contributed by atoms with Crippen molar-refractivity contribution in [3.05, 3.63) is 76.3 Å². The molecule has 36 heavy (non-hydrogen) atoms. The lowest BCUT2D eigenvalue weighted by Gasteiger charge is -2.32. The SMILES string of the molecule is Cc1cc(OCc2[nH]nc3ncccc23)c(-c2cc(C(=O)N3CCN(C)C(=O)C3)ccc2F)cc1Cl. The molecule has 1 aliphatic heterocycles. The topological polar surface area (TPSA) is 91.4 Å². The van der Waals surface area contributed by atoms with E-state index in [0.717, 1.165) is 16.6 Å². The number of aromatic amines is 1. The van der Waals surface area contributed by atoms with Crippen molar-refractivity contribution in [2.24, 2.45) is 0 Å². The normalized spacial score (nSPS) is 13.9. The van der Waals surface area contributed by atoms with Crippen molar-refractivity contribution >= 4 is 34.4 Å². The van der Waals surface area contributed by atoms with Crippen LogP contribution < -0.4 is 4.74 Å². The zero-order chi connectivity index (χ0) is 25.4. The monoisotopic (exact) mass is 507 g/mol. The summed E-state index contributed by atoms with van der Waals surface area (Å²) in [5, 5.41) is 8.37. The molecule has 0 unspecified atom stereocenters. The van der Waals surface area contributed by atoms with Gasteiger partial charge in [-0.25, -0.2) is 9.37 Å². The molecule has 2 aromatic carbocycles. The van der Waals surface area contributed by atoms with Crippen molar-refractivity contribution in [1.29, 1.82) is 0 Å². The molecular weight excluding hydrogens is 485 g/mol. The summed E-state index contributed by atoms with van der Waals surface area (Å²) in [4.78, 5) is 32.5. The average Bonchev–Trinajstić information content (AvgIpc) is 3.29. The number of amides is 2. The van der Waals surface area contributed by atoms with E-state index in [1.165, 1.54) is 23.1 Å². The number of fused-ring (bicyclic) bond motifs is 1. The lowest BCUT2D eigenvalue weighted by molar-refractivity contribution is -0.133. The summed E-state index contributed by atoms with van der Waals surface area (Å²) >= 11 is 6.40. The Morgan fingerprint density at radius 3 is 2.83 bits per heavy atom. The van der Waals surface area contributed by atoms with Crippen LogP contribution in [0.5, 0.6) is 5.75 Å². The summed E-state index contributed by atoms with van der Waals surface area (Å²) in [6.45, 7) is 2.81. The molecule has 5 rings (SSSR count). The Bertz CT molecular complexity index is 1490. The van der Waals surface area contributed by atoms with Crippen LogP contribution in [0, 0.1) is 12.7 Å². The first-order valence-corrected chi connectivity index (χ1v) is 11.7. The first-order chi connectivity index (χ1) is 17.3. The number of piperazine rings is 1. The van der Waals surface area contributed by atoms with Crippen molar-refractivity contribution < 1.29 is 18.7 Å². The highest BCUT2D eigenvalue weighted by atomic mass is 35.5. The van der Waals surface area contributed by atoms with E-state index < -0.39 is 5.82 Å². The van der Waals surface area contributed by atoms with Gasteiger partial charge in [-0.05, 0) is 55.0 Å². The fourth-order valence-corrected chi connectivity index (χ4v) is 4.29. The molecule has 184 valence electrons. The third-order valence-electron chi connectivity index (χ3n) is 6.29. The van der Waals surface area contributed by atoms with Gasteiger partial charge in [0, 0.05) is 53.4 Å². The van der Waals surface area contributed by atoms with Crippen molar-refractivity contribution in [2.45, 2.75) is 13.5 Å². The second-order valence-electron chi connectivity index (χ2n) is 8.70. The average molecular weight is 508 g/mol. The second kappa shape index (κ2) is 9.58. The summed E-state index contributed by atoms with van der Waals surface area (Å²) in [5.41, 5.74) is 2.92. The number of nitrogens with zero attached hydrogens (tertiary/aromatic N) is 4. The molecule has 0 atom stereocenters. The van der Waals surface area contributed by atoms with Crippen molar-refractivity contribution in [3.8, 4) is 16.9 Å². The minimum atomic E-state index is -0.526. The molecule has 2 aromatic heterocycles. The zero-order valence-corrected chi connectivity index (χ0v) is 20.5. The van der Waals surface area contributed by atoms with Crippen molar-refractivity contribution in [2.75, 3.05) is 26.7 Å². The number of hydrogen-bond acceptors (Lipinski definition) is 5. The van der Waals surface area contributed by atoms with Gasteiger partial charge in [0.25, 0.3) is 5.91 Å². The number of ether oxygens (including phenoxy) is 1. The molecule has 2 amide bonds. The summed E-state index contributed by atoms with van der Waals surface area (Å²) in [6.07, 6.45) is 1.66. The Labute approximate surface area is 211 Å². The number of halogens is 2. The van der Waals surface area contributed by atoms with Gasteiger partial charge in [0.1, 0.15) is 24.7 Å². The molecule has 0 aliphatic carbocycles. The number of aryl methyl sites for hydroxylation is 1. The maximum Gasteiger partial charge on any atom is 0.254 e. The molecule has 10 heteroatoms. The summed E-state index contributed by atoms with van der Waals surface area (Å²) in [6, 6.07) is 11.2. The Morgan fingerprint density at radius 2 is 2.03 bits per heavy atom. The quantitative estimate of drug-likeness (QED) is 0.437. The van der Waals surface area contributed by atoms with Crippen LogP contribution in [0.2, 0.25) is 5.02 Å². The van der Waals surface area contributed by atoms with Crippen molar-refractivity contribution in [3.63, 3.8) is 0 Å². The number of carbonyl (C=O) groups is 2. The number of rotatable bonds is 5. The number of likely N-dealkylation sites (N-methyl/N-ethyl adjacent to an activating group) is 1. The number of H-pyrrole nitrogens is 1. The molecule has 0 saturated carbocycles. The van der Waals surface area contributed by atoms with Crippen LogP contribution in [0.1, 0.15) is 21.6 Å². The first-order valence-electron chi connectivity index (χ1n) is 11.4. The van der Waals surface area contributed by atoms with Crippen LogP contribution >= 0.6 is 11.6 Å². The van der Waals surface area contributed by atoms with E-state index in [1.807, 2.05) is 19.1 Å². The Balaban J connectivity index is 1.48. The van der Waals surface area contributed by atoms with E-state index in [1.54, 1.807) is 30.3 Å². The third kappa shape index (κ3) is 4.49. The summed E-state index contributed by atoms with van der Waals surface area (Å²) < 4.78 is 21.2. The molecule has 1 N–H and O–H groups in total. The molecule has 0 radical (unpaired) electrons. The first kappa shape index (κ1) is 23.7. The number of aromatic nitrogens is 3. The van der Waals surface area contributed by atoms with Crippen LogP contribution in [0.4, 0.5) is 4.39 Å². The maximum absolute atomic E-state index is 15.1. The molecule has 1 fully saturated rings. The van der Waals surface area contributed by atoms with E-state index >= 15 is 4.39 Å². The van der Waals surface area contributed by atoms with E-state index in [4.69, 9.17) is 16.3 Å². The van der Waals surface area contributed by atoms with Gasteiger partial charge in [-0.3, -0.25) is 14.7 Å². The standard InChI is InChI=1S/C26H23ClFN5O3/c1-15-10-23(36-14-22-17-4-3-7-29-25(17)31-30-22)19(12-20(15)27)18-11-16(5-6-21(18)28)26(35)33-9-8-32(2)24(34)13-33/h3-7,10-12H,8-9,13-14H2,1-2H3,(H,29,30,31). The molecule has 4 aromatic rings. The minimum absolute atomic E-state index is 0.0141. The molecule has 1 saturated heterocycles. The lowest BCUT2D eigenvalue weighted by Crippen LogP contribution is -2.50. The van der Waals surface area contributed by atoms with Crippen LogP contribution in [0.3, 0.4) is 0 Å². The summed E-state index contributed by atoms with van der Waals surface area (Å²) in [7, 11) is 1.70. The largest absolute Gasteiger partial charge is 0.487 e. The predicted molar refractivity (Wildman–Crippen MR) is 133 cm³/mol. The molecule has 0 spiro atoms. The number of benzene rings is 2. The number of nitrogens with one attached hydrogen (secondary N) is 1. The predicted octanol–water partition coefficient (Wildman–Crippen LogP) is 4.22.